The summed E-state index contributed by atoms with van der Waals surface area (Å²) < 4.78 is 0. The van der Waals surface area contributed by atoms with E-state index in [1.165, 1.54) is 38.9 Å². The third-order valence-corrected chi connectivity index (χ3v) is 5.59. The molecular formula is C14H28N2S. The van der Waals surface area contributed by atoms with Crippen LogP contribution in [-0.2, 0) is 0 Å². The van der Waals surface area contributed by atoms with Crippen LogP contribution < -0.4 is 5.32 Å². The maximum absolute atomic E-state index is 3.83. The second-order valence-corrected chi connectivity index (χ2v) is 7.39. The number of nitrogens with one attached hydrogen (secondary N) is 1. The summed E-state index contributed by atoms with van der Waals surface area (Å²) in [6, 6.07) is 0.747. The van der Waals surface area contributed by atoms with Crippen molar-refractivity contribution < 1.29 is 0 Å². The standard InChI is InChI=1S/C14H28N2S/c1-5-13-8-15-14(3,12-6-7-12)10-16(13)9-11(2)17-4/h11-13,15H,5-10H2,1-4H3. The summed E-state index contributed by atoms with van der Waals surface area (Å²) in [6.45, 7) is 10.8. The molecule has 1 saturated heterocycles. The van der Waals surface area contributed by atoms with E-state index in [1.54, 1.807) is 0 Å². The van der Waals surface area contributed by atoms with Crippen LogP contribution in [0.25, 0.3) is 0 Å². The second kappa shape index (κ2) is 5.50. The van der Waals surface area contributed by atoms with Gasteiger partial charge in [0.15, 0.2) is 0 Å². The first-order valence-corrected chi connectivity index (χ1v) is 8.39. The van der Waals surface area contributed by atoms with E-state index in [1.807, 2.05) is 11.8 Å². The topological polar surface area (TPSA) is 15.3 Å². The Morgan fingerprint density at radius 1 is 1.47 bits per heavy atom. The molecule has 1 saturated carbocycles. The first-order valence-electron chi connectivity index (χ1n) is 7.11. The molecule has 2 aliphatic rings. The highest BCUT2D eigenvalue weighted by atomic mass is 32.2. The van der Waals surface area contributed by atoms with Gasteiger partial charge in [-0.1, -0.05) is 13.8 Å². The number of rotatable bonds is 5. The van der Waals surface area contributed by atoms with Crippen molar-refractivity contribution in [3.8, 4) is 0 Å². The van der Waals surface area contributed by atoms with Crippen molar-refractivity contribution in [2.75, 3.05) is 25.9 Å². The van der Waals surface area contributed by atoms with Crippen molar-refractivity contribution in [1.29, 1.82) is 0 Å². The van der Waals surface area contributed by atoms with E-state index in [4.69, 9.17) is 0 Å². The van der Waals surface area contributed by atoms with Crippen LogP contribution in [-0.4, -0.2) is 47.6 Å². The highest BCUT2D eigenvalue weighted by Crippen LogP contribution is 2.41. The summed E-state index contributed by atoms with van der Waals surface area (Å²) in [4.78, 5) is 2.75. The number of nitrogens with zero attached hydrogens (tertiary/aromatic N) is 1. The van der Waals surface area contributed by atoms with Crippen LogP contribution in [0, 0.1) is 5.92 Å². The van der Waals surface area contributed by atoms with Crippen LogP contribution in [0.1, 0.15) is 40.0 Å². The first-order chi connectivity index (χ1) is 8.09. The highest BCUT2D eigenvalue weighted by Gasteiger charge is 2.45. The zero-order valence-corrected chi connectivity index (χ0v) is 12.6. The van der Waals surface area contributed by atoms with Gasteiger partial charge in [-0.25, -0.2) is 0 Å². The fourth-order valence-electron chi connectivity index (χ4n) is 3.10. The van der Waals surface area contributed by atoms with Gasteiger partial charge < -0.3 is 5.32 Å². The van der Waals surface area contributed by atoms with Crippen molar-refractivity contribution in [3.63, 3.8) is 0 Å². The molecule has 0 aromatic carbocycles. The second-order valence-electron chi connectivity index (χ2n) is 6.11. The minimum atomic E-state index is 0.393. The maximum atomic E-state index is 3.83. The fourth-order valence-corrected chi connectivity index (χ4v) is 3.44. The zero-order chi connectivity index (χ0) is 12.5. The van der Waals surface area contributed by atoms with E-state index in [0.717, 1.165) is 17.2 Å². The third-order valence-electron chi connectivity index (χ3n) is 4.63. The number of thioether (sulfide) groups is 1. The molecule has 0 aromatic heterocycles. The smallest absolute Gasteiger partial charge is 0.0309 e. The van der Waals surface area contributed by atoms with E-state index in [0.29, 0.717) is 5.54 Å². The summed E-state index contributed by atoms with van der Waals surface area (Å²) in [6.07, 6.45) is 6.38. The van der Waals surface area contributed by atoms with Crippen LogP contribution in [0.3, 0.4) is 0 Å². The van der Waals surface area contributed by atoms with Crippen LogP contribution in [0.15, 0.2) is 0 Å². The van der Waals surface area contributed by atoms with E-state index in [-0.39, 0.29) is 0 Å². The predicted octanol–water partition coefficient (Wildman–Crippen LogP) is 2.59. The summed E-state index contributed by atoms with van der Waals surface area (Å²) in [7, 11) is 0. The lowest BCUT2D eigenvalue weighted by Gasteiger charge is -2.47. The Hall–Kier alpha value is 0.270. The molecule has 2 rings (SSSR count). The minimum absolute atomic E-state index is 0.393. The van der Waals surface area contributed by atoms with Gasteiger partial charge in [0.2, 0.25) is 0 Å². The summed E-state index contributed by atoms with van der Waals surface area (Å²) in [5, 5.41) is 4.59. The molecule has 0 spiro atoms. The van der Waals surface area contributed by atoms with Gasteiger partial charge in [0.1, 0.15) is 0 Å². The summed E-state index contributed by atoms with van der Waals surface area (Å²) in [5.41, 5.74) is 0.393. The van der Waals surface area contributed by atoms with Gasteiger partial charge in [0.25, 0.3) is 0 Å². The highest BCUT2D eigenvalue weighted by molar-refractivity contribution is 7.99. The molecule has 3 heteroatoms. The molecule has 0 amide bonds. The fraction of sp³-hybridized carbons (Fsp3) is 1.00. The predicted molar refractivity (Wildman–Crippen MR) is 77.8 cm³/mol. The lowest BCUT2D eigenvalue weighted by atomic mass is 9.90. The SMILES string of the molecule is CCC1CNC(C)(C2CC2)CN1CC(C)SC. The van der Waals surface area contributed by atoms with Gasteiger partial charge in [0.05, 0.1) is 0 Å². The monoisotopic (exact) mass is 256 g/mol. The van der Waals surface area contributed by atoms with Crippen LogP contribution in [0.5, 0.6) is 0 Å². The van der Waals surface area contributed by atoms with Crippen LogP contribution in [0.4, 0.5) is 0 Å². The largest absolute Gasteiger partial charge is 0.308 e. The zero-order valence-electron chi connectivity index (χ0n) is 11.8. The molecule has 1 N–H and O–H groups in total. The molecule has 2 fully saturated rings. The average Bonchev–Trinajstić information content (AvgIpc) is 3.13. The third kappa shape index (κ3) is 3.18. The molecule has 3 unspecified atom stereocenters. The van der Waals surface area contributed by atoms with Gasteiger partial charge in [-0.15, -0.1) is 0 Å². The van der Waals surface area contributed by atoms with E-state index < -0.39 is 0 Å². The molecule has 2 nitrogen and oxygen atoms in total. The van der Waals surface area contributed by atoms with Crippen molar-refractivity contribution in [3.05, 3.63) is 0 Å². The summed E-state index contributed by atoms with van der Waals surface area (Å²) in [5.74, 6) is 0.937. The molecular weight excluding hydrogens is 228 g/mol. The molecule has 0 bridgehead atoms. The lowest BCUT2D eigenvalue weighted by Crippen LogP contribution is -2.64. The van der Waals surface area contributed by atoms with Gasteiger partial charge >= 0.3 is 0 Å². The van der Waals surface area contributed by atoms with Gasteiger partial charge in [-0.3, -0.25) is 4.90 Å². The van der Waals surface area contributed by atoms with Crippen molar-refractivity contribution in [2.45, 2.75) is 56.9 Å². The molecule has 1 aliphatic heterocycles. The van der Waals surface area contributed by atoms with Crippen molar-refractivity contribution in [1.82, 2.24) is 10.2 Å². The molecule has 0 aromatic rings. The van der Waals surface area contributed by atoms with Gasteiger partial charge in [-0.2, -0.15) is 11.8 Å². The quantitative estimate of drug-likeness (QED) is 0.814. The van der Waals surface area contributed by atoms with Crippen molar-refractivity contribution in [2.24, 2.45) is 5.92 Å². The Bertz CT molecular complexity index is 255. The number of piperazine rings is 1. The molecule has 17 heavy (non-hydrogen) atoms. The Balaban J connectivity index is 1.97. The summed E-state index contributed by atoms with van der Waals surface area (Å²) >= 11 is 1.99. The Labute approximate surface area is 111 Å². The molecule has 1 heterocycles. The normalized spacial score (nSPS) is 37.1. The lowest BCUT2D eigenvalue weighted by molar-refractivity contribution is 0.0743. The average molecular weight is 256 g/mol. The first kappa shape index (κ1) is 13.7. The molecule has 0 radical (unpaired) electrons. The van der Waals surface area contributed by atoms with E-state index >= 15 is 0 Å². The van der Waals surface area contributed by atoms with Gasteiger partial charge in [0, 0.05) is 36.5 Å². The van der Waals surface area contributed by atoms with Gasteiger partial charge in [-0.05, 0) is 38.4 Å². The minimum Gasteiger partial charge on any atom is -0.308 e. The number of hydrogen-bond donors (Lipinski definition) is 1. The van der Waals surface area contributed by atoms with Crippen LogP contribution in [0.2, 0.25) is 0 Å². The van der Waals surface area contributed by atoms with Crippen LogP contribution >= 0.6 is 11.8 Å². The molecule has 1 aliphatic carbocycles. The maximum Gasteiger partial charge on any atom is 0.0309 e. The Kier molecular flexibility index (Phi) is 4.43. The molecule has 3 atom stereocenters. The van der Waals surface area contributed by atoms with Crippen molar-refractivity contribution >= 4 is 11.8 Å². The molecule has 100 valence electrons. The van der Waals surface area contributed by atoms with E-state index in [9.17, 15) is 0 Å². The Morgan fingerprint density at radius 3 is 2.71 bits per heavy atom. The van der Waals surface area contributed by atoms with E-state index in [2.05, 4.69) is 37.2 Å². The number of hydrogen-bond acceptors (Lipinski definition) is 3. The Morgan fingerprint density at radius 2 is 2.18 bits per heavy atom.